The van der Waals surface area contributed by atoms with Gasteiger partial charge in [0.1, 0.15) is 11.5 Å². The molecule has 0 aromatic heterocycles. The van der Waals surface area contributed by atoms with E-state index in [1.165, 1.54) is 27.4 Å². The van der Waals surface area contributed by atoms with Crippen molar-refractivity contribution in [2.45, 2.75) is 59.9 Å². The number of methoxy groups -OCH3 is 5. The van der Waals surface area contributed by atoms with Crippen molar-refractivity contribution in [1.29, 1.82) is 0 Å². The molecule has 262 valence electrons. The fourth-order valence-electron chi connectivity index (χ4n) is 5.33. The first-order chi connectivity index (χ1) is 23.0. The van der Waals surface area contributed by atoms with E-state index in [0.717, 1.165) is 19.3 Å². The van der Waals surface area contributed by atoms with Crippen LogP contribution in [-0.4, -0.2) is 71.8 Å². The molecule has 11 heteroatoms. The Bertz CT molecular complexity index is 1530. The quantitative estimate of drug-likeness (QED) is 0.169. The molecule has 4 rings (SSSR count). The fraction of sp³-hybridized carbons (Fsp3) is 0.459. The van der Waals surface area contributed by atoms with E-state index in [4.69, 9.17) is 33.2 Å². The van der Waals surface area contributed by atoms with Crippen LogP contribution in [0.1, 0.15) is 64.2 Å². The SMILES string of the molecule is CCC1C=Nc2cc(OC)c(OC)cc2C(=O)N1CC.CCCC(C)(C)COc1ccc(Oc2cc(OC)c(OC)c(OC)c2)c(F)c1. The number of halogens is 1. The van der Waals surface area contributed by atoms with E-state index in [1.54, 1.807) is 50.6 Å². The maximum Gasteiger partial charge on any atom is 0.256 e. The molecule has 1 heterocycles. The first-order valence-corrected chi connectivity index (χ1v) is 16.0. The minimum Gasteiger partial charge on any atom is -0.493 e. The van der Waals surface area contributed by atoms with Crippen LogP contribution in [0.15, 0.2) is 47.5 Å². The molecule has 1 aliphatic rings. The third-order valence-corrected chi connectivity index (χ3v) is 7.86. The van der Waals surface area contributed by atoms with E-state index in [0.29, 0.717) is 64.6 Å². The predicted molar refractivity (Wildman–Crippen MR) is 185 cm³/mol. The van der Waals surface area contributed by atoms with Crippen molar-refractivity contribution in [1.82, 2.24) is 4.90 Å². The van der Waals surface area contributed by atoms with E-state index in [-0.39, 0.29) is 23.1 Å². The number of benzene rings is 3. The molecule has 1 atom stereocenters. The molecule has 48 heavy (non-hydrogen) atoms. The minimum atomic E-state index is -0.514. The second-order valence-corrected chi connectivity index (χ2v) is 11.8. The van der Waals surface area contributed by atoms with E-state index in [9.17, 15) is 9.18 Å². The number of rotatable bonds is 14. The van der Waals surface area contributed by atoms with Crippen LogP contribution < -0.4 is 33.2 Å². The second kappa shape index (κ2) is 17.5. The molecule has 0 fully saturated rings. The van der Waals surface area contributed by atoms with Crippen molar-refractivity contribution in [2.24, 2.45) is 10.4 Å². The molecule has 10 nitrogen and oxygen atoms in total. The molecule has 1 unspecified atom stereocenters. The molecule has 0 saturated carbocycles. The van der Waals surface area contributed by atoms with Gasteiger partial charge in [-0.1, -0.05) is 34.1 Å². The van der Waals surface area contributed by atoms with Gasteiger partial charge in [0.15, 0.2) is 34.6 Å². The predicted octanol–water partition coefficient (Wildman–Crippen LogP) is 8.51. The summed E-state index contributed by atoms with van der Waals surface area (Å²) in [6.07, 6.45) is 4.79. The summed E-state index contributed by atoms with van der Waals surface area (Å²) in [5, 5.41) is 0. The molecule has 0 aliphatic carbocycles. The van der Waals surface area contributed by atoms with Gasteiger partial charge in [-0.3, -0.25) is 9.79 Å². The van der Waals surface area contributed by atoms with Gasteiger partial charge in [0.2, 0.25) is 5.75 Å². The highest BCUT2D eigenvalue weighted by Crippen LogP contribution is 2.42. The molecule has 0 bridgehead atoms. The lowest BCUT2D eigenvalue weighted by molar-refractivity contribution is 0.0738. The summed E-state index contributed by atoms with van der Waals surface area (Å²) < 4.78 is 52.4. The number of aliphatic imine (C=N–C) groups is 1. The summed E-state index contributed by atoms with van der Waals surface area (Å²) in [6.45, 7) is 11.6. The zero-order valence-corrected chi connectivity index (χ0v) is 29.8. The summed E-state index contributed by atoms with van der Waals surface area (Å²) in [7, 11) is 7.66. The standard InChI is InChI=1S/C22H29FO5.C15H20N2O3/c1-7-10-22(2,3)14-27-15-8-9-18(17(23)11-15)28-16-12-19(24-4)21(26-6)20(13-16)25-5;1-5-10-9-16-12-8-14(20-4)13(19-3)7-11(12)15(18)17(10)6-2/h8-9,11-13H,7,10,14H2,1-6H3;7-10H,5-6H2,1-4H3. The summed E-state index contributed by atoms with van der Waals surface area (Å²) >= 11 is 0. The lowest BCUT2D eigenvalue weighted by Gasteiger charge is -2.26. The second-order valence-electron chi connectivity index (χ2n) is 11.8. The minimum absolute atomic E-state index is 0.0206. The Balaban J connectivity index is 0.000000275. The van der Waals surface area contributed by atoms with Crippen LogP contribution in [0.2, 0.25) is 0 Å². The van der Waals surface area contributed by atoms with Crippen LogP contribution in [0.5, 0.6) is 46.0 Å². The average Bonchev–Trinajstić information content (AvgIpc) is 3.22. The lowest BCUT2D eigenvalue weighted by Crippen LogP contribution is -2.39. The Morgan fingerprint density at radius 1 is 0.792 bits per heavy atom. The summed E-state index contributed by atoms with van der Waals surface area (Å²) in [4.78, 5) is 18.9. The Hall–Kier alpha value is -4.67. The van der Waals surface area contributed by atoms with Gasteiger partial charge in [0, 0.05) is 37.0 Å². The van der Waals surface area contributed by atoms with Gasteiger partial charge in [0.25, 0.3) is 5.91 Å². The number of amides is 1. The van der Waals surface area contributed by atoms with Crippen LogP contribution in [0.4, 0.5) is 10.1 Å². The van der Waals surface area contributed by atoms with Crippen LogP contribution >= 0.6 is 0 Å². The number of hydrogen-bond donors (Lipinski definition) is 0. The lowest BCUT2D eigenvalue weighted by atomic mass is 9.89. The van der Waals surface area contributed by atoms with Crippen LogP contribution in [0, 0.1) is 11.2 Å². The third-order valence-electron chi connectivity index (χ3n) is 7.86. The number of carbonyl (C=O) groups excluding carboxylic acids is 1. The first-order valence-electron chi connectivity index (χ1n) is 16.0. The van der Waals surface area contributed by atoms with Gasteiger partial charge in [-0.15, -0.1) is 0 Å². The van der Waals surface area contributed by atoms with Crippen molar-refractivity contribution >= 4 is 17.8 Å². The maximum atomic E-state index is 14.5. The van der Waals surface area contributed by atoms with Crippen molar-refractivity contribution in [3.05, 3.63) is 53.8 Å². The van der Waals surface area contributed by atoms with E-state index in [2.05, 4.69) is 25.8 Å². The van der Waals surface area contributed by atoms with Gasteiger partial charge < -0.3 is 38.1 Å². The van der Waals surface area contributed by atoms with Gasteiger partial charge in [0.05, 0.1) is 59.4 Å². The molecule has 3 aromatic rings. The summed E-state index contributed by atoms with van der Waals surface area (Å²) in [5.41, 5.74) is 1.22. The van der Waals surface area contributed by atoms with Gasteiger partial charge in [-0.25, -0.2) is 4.39 Å². The molecular weight excluding hydrogens is 619 g/mol. The van der Waals surface area contributed by atoms with Crippen LogP contribution in [-0.2, 0) is 0 Å². The number of nitrogens with zero attached hydrogens (tertiary/aromatic N) is 2. The monoisotopic (exact) mass is 668 g/mol. The van der Waals surface area contributed by atoms with Crippen molar-refractivity contribution in [3.8, 4) is 46.0 Å². The van der Waals surface area contributed by atoms with Gasteiger partial charge in [-0.2, -0.15) is 0 Å². The highest BCUT2D eigenvalue weighted by molar-refractivity contribution is 6.03. The van der Waals surface area contributed by atoms with Gasteiger partial charge in [-0.05, 0) is 43.4 Å². The summed E-state index contributed by atoms with van der Waals surface area (Å²) in [5.74, 6) is 2.80. The Kier molecular flexibility index (Phi) is 13.8. The first kappa shape index (κ1) is 37.8. The average molecular weight is 669 g/mol. The molecule has 1 amide bonds. The number of fused-ring (bicyclic) bond motifs is 1. The van der Waals surface area contributed by atoms with Gasteiger partial charge >= 0.3 is 0 Å². The highest BCUT2D eigenvalue weighted by Gasteiger charge is 2.27. The molecular formula is C37H49FN2O8. The molecule has 0 N–H and O–H groups in total. The number of carbonyl (C=O) groups is 1. The molecule has 0 radical (unpaired) electrons. The number of hydrogen-bond acceptors (Lipinski definition) is 9. The highest BCUT2D eigenvalue weighted by atomic mass is 19.1. The molecule has 0 saturated heterocycles. The Morgan fingerprint density at radius 2 is 1.42 bits per heavy atom. The largest absolute Gasteiger partial charge is 0.493 e. The zero-order chi connectivity index (χ0) is 35.4. The Labute approximate surface area is 283 Å². The molecule has 1 aliphatic heterocycles. The van der Waals surface area contributed by atoms with Crippen molar-refractivity contribution in [3.63, 3.8) is 0 Å². The van der Waals surface area contributed by atoms with Crippen molar-refractivity contribution in [2.75, 3.05) is 48.7 Å². The maximum absolute atomic E-state index is 14.5. The normalized spacial score (nSPS) is 13.9. The van der Waals surface area contributed by atoms with Crippen LogP contribution in [0.3, 0.4) is 0 Å². The molecule has 0 spiro atoms. The fourth-order valence-corrected chi connectivity index (χ4v) is 5.33. The van der Waals surface area contributed by atoms with E-state index < -0.39 is 5.82 Å². The zero-order valence-electron chi connectivity index (χ0n) is 29.8. The number of ether oxygens (including phenoxy) is 7. The summed E-state index contributed by atoms with van der Waals surface area (Å²) in [6, 6.07) is 11.3. The molecule has 3 aromatic carbocycles. The smallest absolute Gasteiger partial charge is 0.256 e. The van der Waals surface area contributed by atoms with Crippen LogP contribution in [0.25, 0.3) is 0 Å². The van der Waals surface area contributed by atoms with Crippen molar-refractivity contribution < 1.29 is 42.3 Å². The third kappa shape index (κ3) is 9.23. The topological polar surface area (TPSA) is 97.3 Å². The van der Waals surface area contributed by atoms with E-state index >= 15 is 0 Å². The van der Waals surface area contributed by atoms with E-state index in [1.807, 2.05) is 25.0 Å². The Morgan fingerprint density at radius 3 is 1.94 bits per heavy atom.